The molecule has 6 aromatic rings. The smallest absolute Gasteiger partial charge is 0.872 e. The molecule has 2 heterocycles. The molecule has 6 rings (SSSR count). The van der Waals surface area contributed by atoms with E-state index in [4.69, 9.17) is 8.83 Å². The van der Waals surface area contributed by atoms with Gasteiger partial charge in [0.2, 0.25) is 0 Å². The molecule has 233 valence electrons. The van der Waals surface area contributed by atoms with Gasteiger partial charge in [-0.25, -0.2) is 0 Å². The fourth-order valence-corrected chi connectivity index (χ4v) is 4.20. The van der Waals surface area contributed by atoms with Crippen LogP contribution in [-0.4, -0.2) is 34.7 Å². The molecular weight excluding hydrogens is 651 g/mol. The first-order valence-corrected chi connectivity index (χ1v) is 13.3. The van der Waals surface area contributed by atoms with Gasteiger partial charge < -0.3 is 19.0 Å². The predicted molar refractivity (Wildman–Crippen MR) is 168 cm³/mol. The summed E-state index contributed by atoms with van der Waals surface area (Å²) in [6.45, 7) is 0. The number of benzene rings is 4. The molecule has 4 aromatic carbocycles. The van der Waals surface area contributed by atoms with Gasteiger partial charge in [0.15, 0.2) is 11.5 Å². The summed E-state index contributed by atoms with van der Waals surface area (Å²) in [5.74, 6) is -0.645. The maximum Gasteiger partial charge on any atom is 2.00 e. The second kappa shape index (κ2) is 15.5. The average molecular weight is 671 g/mol. The summed E-state index contributed by atoms with van der Waals surface area (Å²) >= 11 is 0. The molecule has 14 nitrogen and oxygen atoms in total. The zero-order valence-corrected chi connectivity index (χ0v) is 25.1. The van der Waals surface area contributed by atoms with Crippen LogP contribution in [0.5, 0.6) is 11.5 Å². The first-order chi connectivity index (χ1) is 22.3. The second-order valence-corrected chi connectivity index (χ2v) is 9.24. The topological polar surface area (TPSA) is 208 Å². The molecule has 2 aromatic heterocycles. The van der Waals surface area contributed by atoms with E-state index in [9.17, 15) is 30.4 Å². The van der Waals surface area contributed by atoms with Crippen LogP contribution in [-0.2, 0) is 17.1 Å². The maximum atomic E-state index is 11.9. The number of rotatable bonds is 8. The summed E-state index contributed by atoms with van der Waals surface area (Å²) in [4.78, 5) is 19.7. The zero-order valence-electron chi connectivity index (χ0n) is 23.9. The Morgan fingerprint density at radius 2 is 0.894 bits per heavy atom. The summed E-state index contributed by atoms with van der Waals surface area (Å²) in [5, 5.41) is 63.4. The first-order valence-electron chi connectivity index (χ1n) is 13.3. The predicted octanol–water partition coefficient (Wildman–Crippen LogP) is 5.73. The van der Waals surface area contributed by atoms with E-state index in [2.05, 4.69) is 20.4 Å². The summed E-state index contributed by atoms with van der Waals surface area (Å²) < 4.78 is 9.81. The van der Waals surface area contributed by atoms with E-state index in [1.807, 2.05) is 48.5 Å². The van der Waals surface area contributed by atoms with Crippen molar-refractivity contribution in [2.24, 2.45) is 20.4 Å². The number of furan rings is 2. The van der Waals surface area contributed by atoms with E-state index in [0.29, 0.717) is 11.1 Å². The van der Waals surface area contributed by atoms with Crippen molar-refractivity contribution in [3.8, 4) is 11.5 Å². The second-order valence-electron chi connectivity index (χ2n) is 9.24. The van der Waals surface area contributed by atoms with Crippen molar-refractivity contribution in [2.75, 3.05) is 0 Å². The molecule has 0 saturated carbocycles. The maximum absolute atomic E-state index is 11.9. The van der Waals surface area contributed by atoms with Crippen LogP contribution in [0.25, 0.3) is 21.5 Å². The third-order valence-electron chi connectivity index (χ3n) is 6.32. The van der Waals surface area contributed by atoms with Gasteiger partial charge in [0.25, 0.3) is 0 Å². The number of hydrogen-bond donors (Lipinski definition) is 0. The molecule has 0 bridgehead atoms. The van der Waals surface area contributed by atoms with E-state index >= 15 is 0 Å². The van der Waals surface area contributed by atoms with E-state index in [1.54, 1.807) is 12.1 Å². The molecule has 0 amide bonds. The van der Waals surface area contributed by atoms with Crippen LogP contribution in [0, 0.1) is 20.2 Å². The SMILES string of the molecule is O=[N+]([O-])c1ccc(/C=N/N=C/c2c([O-])ccc3ccccc23)o1.O=[N+]([O-])c1ccc(/C=N/N=C/c2c([O-])ccc3ccccc23)o1.[Mn+2]. The minimum absolute atomic E-state index is 0. The van der Waals surface area contributed by atoms with Crippen LogP contribution in [0.4, 0.5) is 11.8 Å². The van der Waals surface area contributed by atoms with Crippen molar-refractivity contribution in [3.05, 3.63) is 140 Å². The molecule has 0 fully saturated rings. The molecule has 0 aliphatic carbocycles. The van der Waals surface area contributed by atoms with Crippen molar-refractivity contribution in [1.29, 1.82) is 0 Å². The monoisotopic (exact) mass is 671 g/mol. The van der Waals surface area contributed by atoms with E-state index in [-0.39, 0.29) is 51.9 Å². The van der Waals surface area contributed by atoms with Gasteiger partial charge in [-0.15, -0.1) is 0 Å². The molecule has 0 saturated heterocycles. The molecule has 0 aliphatic rings. The number of fused-ring (bicyclic) bond motifs is 2. The minimum Gasteiger partial charge on any atom is -0.872 e. The number of nitrogens with zero attached hydrogens (tertiary/aromatic N) is 6. The van der Waals surface area contributed by atoms with Crippen LogP contribution >= 0.6 is 0 Å². The molecule has 0 N–H and O–H groups in total. The Hall–Kier alpha value is -6.44. The Morgan fingerprint density at radius 1 is 0.511 bits per heavy atom. The van der Waals surface area contributed by atoms with Gasteiger partial charge >= 0.3 is 28.8 Å². The Morgan fingerprint density at radius 3 is 1.28 bits per heavy atom. The largest absolute Gasteiger partial charge is 2.00 e. The van der Waals surface area contributed by atoms with Crippen LogP contribution in [0.3, 0.4) is 0 Å². The fourth-order valence-electron chi connectivity index (χ4n) is 4.20. The van der Waals surface area contributed by atoms with Gasteiger partial charge in [-0.3, -0.25) is 20.2 Å². The van der Waals surface area contributed by atoms with Gasteiger partial charge in [0.1, 0.15) is 9.85 Å². The fraction of sp³-hybridized carbons (Fsp3) is 0. The van der Waals surface area contributed by atoms with Crippen LogP contribution in [0.1, 0.15) is 22.6 Å². The number of nitro groups is 2. The van der Waals surface area contributed by atoms with E-state index < -0.39 is 9.85 Å². The summed E-state index contributed by atoms with van der Waals surface area (Å²) in [7, 11) is 0. The van der Waals surface area contributed by atoms with E-state index in [0.717, 1.165) is 21.5 Å². The molecule has 0 aliphatic heterocycles. The normalized spacial score (nSPS) is 11.4. The molecular formula is C32H20MnN6O8. The third-order valence-corrected chi connectivity index (χ3v) is 6.32. The first kappa shape index (κ1) is 33.5. The van der Waals surface area contributed by atoms with Crippen LogP contribution < -0.4 is 10.2 Å². The summed E-state index contributed by atoms with van der Waals surface area (Å²) in [6, 6.07) is 26.6. The molecule has 15 heteroatoms. The Kier molecular flexibility index (Phi) is 11.0. The van der Waals surface area contributed by atoms with Gasteiger partial charge in [-0.05, 0) is 44.8 Å². The van der Waals surface area contributed by atoms with Crippen LogP contribution in [0.15, 0.2) is 126 Å². The van der Waals surface area contributed by atoms with Crippen LogP contribution in [0.2, 0.25) is 0 Å². The van der Waals surface area contributed by atoms with Crippen molar-refractivity contribution in [1.82, 2.24) is 0 Å². The standard InChI is InChI=1S/2C16H11N3O4.Mn/c2*20-15-7-5-11-3-1-2-4-13(11)14(15)10-18-17-9-12-6-8-16(23-12)19(21)22;/h2*1-10,20H;/q;;+2/p-2/b2*17-9+,18-10+;. The van der Waals surface area contributed by atoms with Gasteiger partial charge in [0.05, 0.1) is 37.0 Å². The average Bonchev–Trinajstić information content (AvgIpc) is 3.74. The molecule has 47 heavy (non-hydrogen) atoms. The molecule has 0 unspecified atom stereocenters. The van der Waals surface area contributed by atoms with Crippen molar-refractivity contribution >= 4 is 58.2 Å². The Balaban J connectivity index is 0.000000208. The summed E-state index contributed by atoms with van der Waals surface area (Å²) in [6.07, 6.45) is 5.19. The Bertz CT molecular complexity index is 2020. The van der Waals surface area contributed by atoms with Gasteiger partial charge in [0, 0.05) is 0 Å². The zero-order chi connectivity index (χ0) is 32.5. The number of hydrogen-bond acceptors (Lipinski definition) is 12. The molecule has 1 radical (unpaired) electrons. The summed E-state index contributed by atoms with van der Waals surface area (Å²) in [5.41, 5.74) is 0.872. The molecule has 0 atom stereocenters. The minimum atomic E-state index is -0.638. The van der Waals surface area contributed by atoms with E-state index in [1.165, 1.54) is 61.3 Å². The third kappa shape index (κ3) is 8.39. The quantitative estimate of drug-likeness (QED) is 0.0842. The van der Waals surface area contributed by atoms with Gasteiger partial charge in [-0.2, -0.15) is 20.4 Å². The van der Waals surface area contributed by atoms with Crippen molar-refractivity contribution < 1.29 is 46.0 Å². The van der Waals surface area contributed by atoms with Crippen molar-refractivity contribution in [2.45, 2.75) is 0 Å². The van der Waals surface area contributed by atoms with Gasteiger partial charge in [-0.1, -0.05) is 84.3 Å². The van der Waals surface area contributed by atoms with Crippen molar-refractivity contribution in [3.63, 3.8) is 0 Å². The Labute approximate surface area is 275 Å². The molecule has 0 spiro atoms.